The molecule has 2 heterocycles. The van der Waals surface area contributed by atoms with Crippen molar-refractivity contribution in [2.75, 3.05) is 13.1 Å². The smallest absolute Gasteiger partial charge is 0.228 e. The molecule has 1 saturated heterocycles. The molecule has 0 aromatic carbocycles. The third-order valence-corrected chi connectivity index (χ3v) is 4.33. The number of hydrogen-bond acceptors (Lipinski definition) is 3. The summed E-state index contributed by atoms with van der Waals surface area (Å²) < 4.78 is 0. The summed E-state index contributed by atoms with van der Waals surface area (Å²) >= 11 is 0. The van der Waals surface area contributed by atoms with Gasteiger partial charge in [-0.1, -0.05) is 13.8 Å². The molecule has 1 aromatic rings. The van der Waals surface area contributed by atoms with Crippen LogP contribution in [0.5, 0.6) is 0 Å². The number of hydrogen-bond donors (Lipinski definition) is 2. The molecule has 1 aliphatic heterocycles. The minimum absolute atomic E-state index is 0.163. The molecule has 1 aliphatic rings. The van der Waals surface area contributed by atoms with Crippen LogP contribution in [0.1, 0.15) is 31.4 Å². The average Bonchev–Trinajstić information content (AvgIpc) is 2.88. The number of pyridine rings is 1. The zero-order chi connectivity index (χ0) is 13.9. The van der Waals surface area contributed by atoms with Crippen molar-refractivity contribution in [2.45, 2.75) is 33.7 Å². The molecular weight excluding hydrogens is 238 g/mol. The molecule has 4 nitrogen and oxygen atoms in total. The number of carbonyl (C=O) groups is 1. The van der Waals surface area contributed by atoms with Gasteiger partial charge in [-0.05, 0) is 43.0 Å². The van der Waals surface area contributed by atoms with Crippen molar-refractivity contribution >= 4 is 5.91 Å². The van der Waals surface area contributed by atoms with E-state index in [2.05, 4.69) is 29.5 Å². The fourth-order valence-electron chi connectivity index (χ4n) is 2.69. The molecule has 1 atom stereocenters. The van der Waals surface area contributed by atoms with Crippen molar-refractivity contribution in [2.24, 2.45) is 11.3 Å². The van der Waals surface area contributed by atoms with Gasteiger partial charge in [0.1, 0.15) is 0 Å². The van der Waals surface area contributed by atoms with Crippen LogP contribution in [0.4, 0.5) is 0 Å². The van der Waals surface area contributed by atoms with E-state index in [0.717, 1.165) is 25.1 Å². The first-order chi connectivity index (χ1) is 9.06. The minimum atomic E-state index is -0.254. The Morgan fingerprint density at radius 3 is 2.95 bits per heavy atom. The Balaban J connectivity index is 2.03. The average molecular weight is 261 g/mol. The lowest BCUT2D eigenvalue weighted by Gasteiger charge is -2.31. The van der Waals surface area contributed by atoms with Gasteiger partial charge < -0.3 is 10.6 Å². The van der Waals surface area contributed by atoms with Crippen molar-refractivity contribution in [3.63, 3.8) is 0 Å². The van der Waals surface area contributed by atoms with E-state index in [1.807, 2.05) is 19.2 Å². The molecule has 0 aliphatic carbocycles. The van der Waals surface area contributed by atoms with Crippen LogP contribution >= 0.6 is 0 Å². The van der Waals surface area contributed by atoms with Crippen molar-refractivity contribution in [1.82, 2.24) is 15.6 Å². The van der Waals surface area contributed by atoms with Crippen LogP contribution in [-0.2, 0) is 11.3 Å². The lowest BCUT2D eigenvalue weighted by atomic mass is 9.75. The third kappa shape index (κ3) is 2.78. The zero-order valence-electron chi connectivity index (χ0n) is 12.0. The number of nitrogens with zero attached hydrogens (tertiary/aromatic N) is 1. The molecule has 4 heteroatoms. The molecule has 104 valence electrons. The molecule has 2 rings (SSSR count). The van der Waals surface area contributed by atoms with Crippen LogP contribution in [0.3, 0.4) is 0 Å². The van der Waals surface area contributed by atoms with E-state index in [0.29, 0.717) is 12.5 Å². The van der Waals surface area contributed by atoms with E-state index in [1.165, 1.54) is 5.56 Å². The Kier molecular flexibility index (Phi) is 4.20. The Hall–Kier alpha value is -1.42. The first kappa shape index (κ1) is 14.0. The van der Waals surface area contributed by atoms with E-state index >= 15 is 0 Å². The molecule has 1 aromatic heterocycles. The molecule has 0 bridgehead atoms. The minimum Gasteiger partial charge on any atom is -0.351 e. The summed E-state index contributed by atoms with van der Waals surface area (Å²) in [5, 5.41) is 6.40. The maximum Gasteiger partial charge on any atom is 0.228 e. The topological polar surface area (TPSA) is 54.0 Å². The van der Waals surface area contributed by atoms with Crippen molar-refractivity contribution in [3.05, 3.63) is 29.6 Å². The van der Waals surface area contributed by atoms with E-state index in [9.17, 15) is 4.79 Å². The van der Waals surface area contributed by atoms with Gasteiger partial charge in [-0.2, -0.15) is 0 Å². The second kappa shape index (κ2) is 5.70. The van der Waals surface area contributed by atoms with Gasteiger partial charge in [-0.15, -0.1) is 0 Å². The van der Waals surface area contributed by atoms with Gasteiger partial charge in [0.2, 0.25) is 5.91 Å². The number of aryl methyl sites for hydroxylation is 1. The summed E-state index contributed by atoms with van der Waals surface area (Å²) in [5.74, 6) is 0.508. The molecule has 1 fully saturated rings. The molecule has 0 saturated carbocycles. The zero-order valence-corrected chi connectivity index (χ0v) is 12.0. The van der Waals surface area contributed by atoms with Gasteiger partial charge in [-0.25, -0.2) is 0 Å². The van der Waals surface area contributed by atoms with Crippen LogP contribution in [0, 0.1) is 18.3 Å². The molecule has 19 heavy (non-hydrogen) atoms. The standard InChI is InChI=1S/C15H23N3O/c1-11(2)15(5-7-17-10-15)14(19)18-9-13-8-16-6-4-12(13)3/h4,6,8,11,17H,5,7,9-10H2,1-3H3,(H,18,19). The quantitative estimate of drug-likeness (QED) is 0.866. The highest BCUT2D eigenvalue weighted by molar-refractivity contribution is 5.83. The van der Waals surface area contributed by atoms with Crippen molar-refractivity contribution < 1.29 is 4.79 Å². The largest absolute Gasteiger partial charge is 0.351 e. The maximum absolute atomic E-state index is 12.5. The van der Waals surface area contributed by atoms with Crippen LogP contribution in [0.25, 0.3) is 0 Å². The van der Waals surface area contributed by atoms with Crippen molar-refractivity contribution in [1.29, 1.82) is 0 Å². The first-order valence-corrected chi connectivity index (χ1v) is 6.95. The highest BCUT2D eigenvalue weighted by atomic mass is 16.2. The van der Waals surface area contributed by atoms with Gasteiger partial charge in [-0.3, -0.25) is 9.78 Å². The van der Waals surface area contributed by atoms with E-state index in [4.69, 9.17) is 0 Å². The number of aromatic nitrogens is 1. The molecule has 1 amide bonds. The number of rotatable bonds is 4. The summed E-state index contributed by atoms with van der Waals surface area (Å²) in [5.41, 5.74) is 2.00. The lowest BCUT2D eigenvalue weighted by molar-refractivity contribution is -0.132. The van der Waals surface area contributed by atoms with E-state index < -0.39 is 0 Å². The summed E-state index contributed by atoms with van der Waals surface area (Å²) in [6.07, 6.45) is 4.52. The summed E-state index contributed by atoms with van der Waals surface area (Å²) in [6, 6.07) is 1.97. The molecule has 0 spiro atoms. The SMILES string of the molecule is Cc1ccncc1CNC(=O)C1(C(C)C)CCNC1. The fraction of sp³-hybridized carbons (Fsp3) is 0.600. The Labute approximate surface area is 115 Å². The van der Waals surface area contributed by atoms with Gasteiger partial charge in [0.05, 0.1) is 5.41 Å². The predicted molar refractivity (Wildman–Crippen MR) is 75.6 cm³/mol. The molecule has 2 N–H and O–H groups in total. The Morgan fingerprint density at radius 2 is 2.37 bits per heavy atom. The number of nitrogens with one attached hydrogen (secondary N) is 2. The second-order valence-corrected chi connectivity index (χ2v) is 5.72. The van der Waals surface area contributed by atoms with Gasteiger partial charge in [0, 0.05) is 25.5 Å². The maximum atomic E-state index is 12.5. The number of carbonyl (C=O) groups excluding carboxylic acids is 1. The second-order valence-electron chi connectivity index (χ2n) is 5.72. The summed E-state index contributed by atoms with van der Waals surface area (Å²) in [7, 11) is 0. The number of amides is 1. The van der Waals surface area contributed by atoms with Crippen LogP contribution in [0.2, 0.25) is 0 Å². The highest BCUT2D eigenvalue weighted by Crippen LogP contribution is 2.34. The highest BCUT2D eigenvalue weighted by Gasteiger charge is 2.43. The monoisotopic (exact) mass is 261 g/mol. The lowest BCUT2D eigenvalue weighted by Crippen LogP contribution is -2.45. The van der Waals surface area contributed by atoms with Crippen molar-refractivity contribution in [3.8, 4) is 0 Å². The van der Waals surface area contributed by atoms with Gasteiger partial charge >= 0.3 is 0 Å². The third-order valence-electron chi connectivity index (χ3n) is 4.33. The van der Waals surface area contributed by atoms with E-state index in [1.54, 1.807) is 6.20 Å². The Bertz CT molecular complexity index is 450. The summed E-state index contributed by atoms with van der Waals surface area (Å²) in [4.78, 5) is 16.6. The van der Waals surface area contributed by atoms with Crippen LogP contribution in [0.15, 0.2) is 18.5 Å². The summed E-state index contributed by atoms with van der Waals surface area (Å²) in [6.45, 7) is 8.56. The van der Waals surface area contributed by atoms with Crippen LogP contribution in [-0.4, -0.2) is 24.0 Å². The van der Waals surface area contributed by atoms with Gasteiger partial charge in [0.25, 0.3) is 0 Å². The Morgan fingerprint density at radius 1 is 1.58 bits per heavy atom. The molecular formula is C15H23N3O. The van der Waals surface area contributed by atoms with E-state index in [-0.39, 0.29) is 11.3 Å². The molecule has 1 unspecified atom stereocenters. The van der Waals surface area contributed by atoms with Gasteiger partial charge in [0.15, 0.2) is 0 Å². The normalized spacial score (nSPS) is 22.7. The first-order valence-electron chi connectivity index (χ1n) is 6.95. The van der Waals surface area contributed by atoms with Crippen LogP contribution < -0.4 is 10.6 Å². The predicted octanol–water partition coefficient (Wildman–Crippen LogP) is 1.64. The fourth-order valence-corrected chi connectivity index (χ4v) is 2.69. The molecule has 0 radical (unpaired) electrons.